The fraction of sp³-hybridized carbons (Fsp3) is 0.444. The fourth-order valence-electron chi connectivity index (χ4n) is 4.07. The Morgan fingerprint density at radius 2 is 2.00 bits per heavy atom. The quantitative estimate of drug-likeness (QED) is 0.722. The van der Waals surface area contributed by atoms with Crippen molar-refractivity contribution in [2.75, 3.05) is 7.05 Å². The number of furan rings is 1. The predicted octanol–water partition coefficient (Wildman–Crippen LogP) is 3.96. The molecule has 2 aliphatic heterocycles. The van der Waals surface area contributed by atoms with E-state index in [9.17, 15) is 0 Å². The molecule has 0 amide bonds. The fourth-order valence-corrected chi connectivity index (χ4v) is 4.83. The SMILES string of the molecule is CN1C2CC[C@H]1CC(Oc1nnc(-c3ccc4occc4c3)s1)C2. The molecule has 3 atom stereocenters. The second kappa shape index (κ2) is 5.57. The van der Waals surface area contributed by atoms with Gasteiger partial charge < -0.3 is 14.1 Å². The van der Waals surface area contributed by atoms with Crippen LogP contribution in [0.5, 0.6) is 5.19 Å². The van der Waals surface area contributed by atoms with Gasteiger partial charge in [-0.25, -0.2) is 0 Å². The van der Waals surface area contributed by atoms with Crippen molar-refractivity contribution in [1.82, 2.24) is 15.1 Å². The van der Waals surface area contributed by atoms with Crippen LogP contribution < -0.4 is 4.74 Å². The van der Waals surface area contributed by atoms with E-state index in [-0.39, 0.29) is 6.10 Å². The van der Waals surface area contributed by atoms with Crippen molar-refractivity contribution in [3.8, 4) is 15.8 Å². The minimum absolute atomic E-state index is 0.274. The lowest BCUT2D eigenvalue weighted by Crippen LogP contribution is -2.43. The maximum absolute atomic E-state index is 6.16. The monoisotopic (exact) mass is 341 g/mol. The number of nitrogens with zero attached hydrogens (tertiary/aromatic N) is 3. The van der Waals surface area contributed by atoms with Gasteiger partial charge in [0.1, 0.15) is 11.7 Å². The lowest BCUT2D eigenvalue weighted by Gasteiger charge is -2.35. The second-order valence-electron chi connectivity index (χ2n) is 6.81. The topological polar surface area (TPSA) is 51.4 Å². The van der Waals surface area contributed by atoms with E-state index in [1.54, 1.807) is 6.26 Å². The first kappa shape index (κ1) is 14.4. The summed E-state index contributed by atoms with van der Waals surface area (Å²) in [5.41, 5.74) is 1.95. The average Bonchev–Trinajstić information content (AvgIpc) is 3.27. The molecule has 1 aromatic carbocycles. The summed E-state index contributed by atoms with van der Waals surface area (Å²) in [4.78, 5) is 2.52. The van der Waals surface area contributed by atoms with Gasteiger partial charge in [0.15, 0.2) is 5.01 Å². The summed E-state index contributed by atoms with van der Waals surface area (Å²) in [5.74, 6) is 0. The van der Waals surface area contributed by atoms with Gasteiger partial charge in [0.05, 0.1) is 6.26 Å². The second-order valence-corrected chi connectivity index (χ2v) is 7.75. The molecule has 5 rings (SSSR count). The van der Waals surface area contributed by atoms with Gasteiger partial charge in [-0.3, -0.25) is 0 Å². The summed E-state index contributed by atoms with van der Waals surface area (Å²) >= 11 is 1.53. The van der Waals surface area contributed by atoms with Crippen molar-refractivity contribution >= 4 is 22.3 Å². The summed E-state index contributed by atoms with van der Waals surface area (Å²) in [6.07, 6.45) is 6.78. The van der Waals surface area contributed by atoms with E-state index >= 15 is 0 Å². The highest BCUT2D eigenvalue weighted by Gasteiger charge is 2.39. The van der Waals surface area contributed by atoms with Crippen molar-refractivity contribution in [3.63, 3.8) is 0 Å². The summed E-state index contributed by atoms with van der Waals surface area (Å²) < 4.78 is 11.5. The van der Waals surface area contributed by atoms with Crippen LogP contribution in [0.1, 0.15) is 25.7 Å². The van der Waals surface area contributed by atoms with Crippen molar-refractivity contribution in [1.29, 1.82) is 0 Å². The van der Waals surface area contributed by atoms with Crippen LogP contribution in [-0.2, 0) is 0 Å². The molecular weight excluding hydrogens is 322 g/mol. The van der Waals surface area contributed by atoms with E-state index in [0.29, 0.717) is 17.3 Å². The van der Waals surface area contributed by atoms with Gasteiger partial charge >= 0.3 is 0 Å². The van der Waals surface area contributed by atoms with Crippen LogP contribution in [0, 0.1) is 0 Å². The first-order chi connectivity index (χ1) is 11.8. The Kier molecular flexibility index (Phi) is 3.35. The van der Waals surface area contributed by atoms with Gasteiger partial charge in [0.25, 0.3) is 5.19 Å². The van der Waals surface area contributed by atoms with Crippen LogP contribution in [0.15, 0.2) is 34.9 Å². The maximum atomic E-state index is 6.16. The number of piperidine rings is 1. The number of ether oxygens (including phenoxy) is 1. The van der Waals surface area contributed by atoms with Gasteiger partial charge in [-0.1, -0.05) is 16.4 Å². The van der Waals surface area contributed by atoms with Crippen LogP contribution in [-0.4, -0.2) is 40.3 Å². The zero-order chi connectivity index (χ0) is 16.1. The Morgan fingerprint density at radius 3 is 2.83 bits per heavy atom. The van der Waals surface area contributed by atoms with Gasteiger partial charge in [-0.05, 0) is 57.0 Å². The molecule has 5 nitrogen and oxygen atoms in total. The lowest BCUT2D eigenvalue weighted by molar-refractivity contribution is 0.0655. The Morgan fingerprint density at radius 1 is 1.17 bits per heavy atom. The Hall–Kier alpha value is -1.92. The molecule has 2 bridgehead atoms. The summed E-state index contributed by atoms with van der Waals surface area (Å²) in [6, 6.07) is 9.38. The van der Waals surface area contributed by atoms with Crippen LogP contribution in [0.3, 0.4) is 0 Å². The van der Waals surface area contributed by atoms with Crippen molar-refractivity contribution in [3.05, 3.63) is 30.5 Å². The summed E-state index contributed by atoms with van der Waals surface area (Å²) in [5, 5.41) is 11.2. The highest BCUT2D eigenvalue weighted by molar-refractivity contribution is 7.16. The Labute approximate surface area is 144 Å². The number of aromatic nitrogens is 2. The number of hydrogen-bond acceptors (Lipinski definition) is 6. The van der Waals surface area contributed by atoms with Crippen LogP contribution in [0.4, 0.5) is 0 Å². The molecule has 24 heavy (non-hydrogen) atoms. The molecule has 3 aromatic rings. The van der Waals surface area contributed by atoms with Crippen molar-refractivity contribution in [2.24, 2.45) is 0 Å². The number of rotatable bonds is 3. The molecule has 0 N–H and O–H groups in total. The highest BCUT2D eigenvalue weighted by atomic mass is 32.1. The predicted molar refractivity (Wildman–Crippen MR) is 93.3 cm³/mol. The maximum Gasteiger partial charge on any atom is 0.294 e. The first-order valence-electron chi connectivity index (χ1n) is 8.46. The third kappa shape index (κ3) is 2.41. The summed E-state index contributed by atoms with van der Waals surface area (Å²) in [7, 11) is 2.24. The third-order valence-electron chi connectivity index (χ3n) is 5.43. The lowest BCUT2D eigenvalue weighted by atomic mass is 10.0. The van der Waals surface area contributed by atoms with E-state index in [2.05, 4.69) is 28.2 Å². The number of fused-ring (bicyclic) bond motifs is 3. The molecule has 6 heteroatoms. The normalized spacial score (nSPS) is 27.0. The van der Waals surface area contributed by atoms with E-state index in [1.807, 2.05) is 18.2 Å². The standard InChI is InChI=1S/C18H19N3O2S/c1-21-13-3-4-14(21)10-15(9-13)23-18-20-19-17(24-18)12-2-5-16-11(8-12)6-7-22-16/h2,5-8,13-15H,3-4,9-10H2,1H3/t13-,14?,15?/m0/s1. The van der Waals surface area contributed by atoms with Gasteiger partial charge in [-0.2, -0.15) is 0 Å². The molecule has 0 spiro atoms. The molecule has 2 aromatic heterocycles. The zero-order valence-corrected chi connectivity index (χ0v) is 14.3. The minimum Gasteiger partial charge on any atom is -0.465 e. The smallest absolute Gasteiger partial charge is 0.294 e. The third-order valence-corrected chi connectivity index (χ3v) is 6.29. The van der Waals surface area contributed by atoms with Gasteiger partial charge in [-0.15, -0.1) is 5.10 Å². The molecule has 4 heterocycles. The van der Waals surface area contributed by atoms with Crippen molar-refractivity contribution < 1.29 is 9.15 Å². The average molecular weight is 341 g/mol. The molecule has 2 aliphatic rings. The molecule has 124 valence electrons. The van der Waals surface area contributed by atoms with Crippen LogP contribution >= 0.6 is 11.3 Å². The molecule has 0 radical (unpaired) electrons. The molecular formula is C18H19N3O2S. The number of hydrogen-bond donors (Lipinski definition) is 0. The van der Waals surface area contributed by atoms with E-state index in [0.717, 1.165) is 34.4 Å². The number of benzene rings is 1. The Balaban J connectivity index is 1.34. The molecule has 0 saturated carbocycles. The molecule has 2 fully saturated rings. The summed E-state index contributed by atoms with van der Waals surface area (Å²) in [6.45, 7) is 0. The zero-order valence-electron chi connectivity index (χ0n) is 13.5. The molecule has 2 saturated heterocycles. The largest absolute Gasteiger partial charge is 0.465 e. The van der Waals surface area contributed by atoms with Crippen LogP contribution in [0.25, 0.3) is 21.5 Å². The van der Waals surface area contributed by atoms with Crippen molar-refractivity contribution in [2.45, 2.75) is 43.9 Å². The van der Waals surface area contributed by atoms with Gasteiger partial charge in [0.2, 0.25) is 0 Å². The molecule has 2 unspecified atom stereocenters. The van der Waals surface area contributed by atoms with E-state index in [1.165, 1.54) is 24.2 Å². The van der Waals surface area contributed by atoms with Gasteiger partial charge in [0, 0.05) is 23.0 Å². The van der Waals surface area contributed by atoms with E-state index in [4.69, 9.17) is 9.15 Å². The molecule has 0 aliphatic carbocycles. The van der Waals surface area contributed by atoms with Crippen LogP contribution in [0.2, 0.25) is 0 Å². The highest BCUT2D eigenvalue weighted by Crippen LogP contribution is 2.37. The Bertz CT molecular complexity index is 860. The van der Waals surface area contributed by atoms with E-state index < -0.39 is 0 Å². The minimum atomic E-state index is 0.274. The first-order valence-corrected chi connectivity index (χ1v) is 9.27.